The minimum atomic E-state index is -0.244. The first-order valence-corrected chi connectivity index (χ1v) is 8.31. The molecule has 0 spiro atoms. The highest BCUT2D eigenvalue weighted by atomic mass is 16.5. The van der Waals surface area contributed by atoms with E-state index in [2.05, 4.69) is 15.5 Å². The Kier molecular flexibility index (Phi) is 4.04. The molecule has 3 heterocycles. The quantitative estimate of drug-likeness (QED) is 0.598. The van der Waals surface area contributed by atoms with Crippen molar-refractivity contribution in [2.45, 2.75) is 13.3 Å². The number of pyridine rings is 1. The maximum absolute atomic E-state index is 12.5. The number of nitrogens with zero attached hydrogens (tertiary/aromatic N) is 3. The third-order valence-electron chi connectivity index (χ3n) is 4.37. The zero-order chi connectivity index (χ0) is 18.1. The van der Waals surface area contributed by atoms with Crippen LogP contribution in [0.2, 0.25) is 0 Å². The van der Waals surface area contributed by atoms with E-state index in [9.17, 15) is 4.79 Å². The number of ether oxygens (including phenoxy) is 1. The van der Waals surface area contributed by atoms with Crippen molar-refractivity contribution in [1.29, 1.82) is 0 Å². The highest BCUT2D eigenvalue weighted by Crippen LogP contribution is 2.28. The Morgan fingerprint density at radius 3 is 3.00 bits per heavy atom. The van der Waals surface area contributed by atoms with Crippen LogP contribution in [0.5, 0.6) is 5.75 Å². The highest BCUT2D eigenvalue weighted by Gasteiger charge is 2.18. The molecule has 26 heavy (non-hydrogen) atoms. The van der Waals surface area contributed by atoms with Gasteiger partial charge >= 0.3 is 0 Å². The van der Waals surface area contributed by atoms with Gasteiger partial charge in [0.05, 0.1) is 7.11 Å². The fourth-order valence-electron chi connectivity index (χ4n) is 2.97. The number of aryl methyl sites for hydroxylation is 1. The van der Waals surface area contributed by atoms with Crippen molar-refractivity contribution in [2.24, 2.45) is 0 Å². The second kappa shape index (κ2) is 6.51. The highest BCUT2D eigenvalue weighted by molar-refractivity contribution is 5.99. The summed E-state index contributed by atoms with van der Waals surface area (Å²) < 4.78 is 12.9. The van der Waals surface area contributed by atoms with E-state index in [4.69, 9.17) is 9.15 Å². The molecule has 0 atom stereocenters. The second-order valence-corrected chi connectivity index (χ2v) is 5.97. The smallest absolute Gasteiger partial charge is 0.287 e. The van der Waals surface area contributed by atoms with E-state index >= 15 is 0 Å². The number of aromatic nitrogens is 3. The zero-order valence-corrected chi connectivity index (χ0v) is 14.5. The van der Waals surface area contributed by atoms with Crippen LogP contribution in [0.4, 0.5) is 0 Å². The van der Waals surface area contributed by atoms with E-state index in [0.29, 0.717) is 24.3 Å². The minimum absolute atomic E-state index is 0.244. The first-order chi connectivity index (χ1) is 12.7. The van der Waals surface area contributed by atoms with Gasteiger partial charge in [-0.2, -0.15) is 0 Å². The van der Waals surface area contributed by atoms with Crippen LogP contribution in [-0.2, 0) is 6.42 Å². The predicted molar refractivity (Wildman–Crippen MR) is 96.5 cm³/mol. The topological polar surface area (TPSA) is 81.7 Å². The molecule has 1 N–H and O–H groups in total. The molecule has 7 nitrogen and oxygen atoms in total. The summed E-state index contributed by atoms with van der Waals surface area (Å²) in [6.45, 7) is 2.31. The number of hydrogen-bond donors (Lipinski definition) is 1. The van der Waals surface area contributed by atoms with Crippen molar-refractivity contribution in [3.05, 3.63) is 59.7 Å². The Hall–Kier alpha value is -3.35. The van der Waals surface area contributed by atoms with Gasteiger partial charge in [-0.25, -0.2) is 0 Å². The average Bonchev–Trinajstić information content (AvgIpc) is 3.23. The molecule has 4 rings (SSSR count). The number of rotatable bonds is 5. The van der Waals surface area contributed by atoms with E-state index < -0.39 is 0 Å². The summed E-state index contributed by atoms with van der Waals surface area (Å²) in [5.74, 6) is 1.60. The molecule has 3 aromatic heterocycles. The summed E-state index contributed by atoms with van der Waals surface area (Å²) in [5, 5.41) is 12.0. The van der Waals surface area contributed by atoms with Gasteiger partial charge in [-0.15, -0.1) is 10.2 Å². The summed E-state index contributed by atoms with van der Waals surface area (Å²) in [6, 6.07) is 11.2. The molecular formula is C19H18N4O3. The molecule has 7 heteroatoms. The Morgan fingerprint density at radius 2 is 2.15 bits per heavy atom. The first-order valence-electron chi connectivity index (χ1n) is 8.31. The van der Waals surface area contributed by atoms with Crippen LogP contribution >= 0.6 is 0 Å². The summed E-state index contributed by atoms with van der Waals surface area (Å²) >= 11 is 0. The maximum atomic E-state index is 12.5. The number of fused-ring (bicyclic) bond motifs is 2. The largest absolute Gasteiger partial charge is 0.497 e. The molecule has 0 aliphatic carbocycles. The summed E-state index contributed by atoms with van der Waals surface area (Å²) in [7, 11) is 1.61. The lowest BCUT2D eigenvalue weighted by Gasteiger charge is -2.03. The number of benzene rings is 1. The van der Waals surface area contributed by atoms with Crippen LogP contribution in [0.1, 0.15) is 21.9 Å². The maximum Gasteiger partial charge on any atom is 0.287 e. The third-order valence-corrected chi connectivity index (χ3v) is 4.37. The molecule has 0 aliphatic heterocycles. The number of hydrogen-bond acceptors (Lipinski definition) is 5. The molecule has 0 unspecified atom stereocenters. The zero-order valence-electron chi connectivity index (χ0n) is 14.5. The Bertz CT molecular complexity index is 1100. The number of furan rings is 1. The van der Waals surface area contributed by atoms with Crippen LogP contribution in [-0.4, -0.2) is 34.2 Å². The van der Waals surface area contributed by atoms with Gasteiger partial charge in [-0.3, -0.25) is 9.20 Å². The Labute approximate surface area is 149 Å². The standard InChI is InChI=1S/C19H18N4O3/c1-12-14-11-13(25-2)6-7-15(14)26-18(12)19(24)20-9-8-17-22-21-16-5-3-4-10-23(16)17/h3-7,10-11H,8-9H2,1-2H3,(H,20,24). The predicted octanol–water partition coefficient (Wildman–Crippen LogP) is 2.77. The van der Waals surface area contributed by atoms with Crippen LogP contribution in [0, 0.1) is 6.92 Å². The van der Waals surface area contributed by atoms with Crippen molar-refractivity contribution in [3.8, 4) is 5.75 Å². The number of carbonyl (C=O) groups excluding carboxylic acids is 1. The fourth-order valence-corrected chi connectivity index (χ4v) is 2.97. The first kappa shape index (κ1) is 16.1. The van der Waals surface area contributed by atoms with Gasteiger partial charge in [0.25, 0.3) is 5.91 Å². The molecule has 1 amide bonds. The van der Waals surface area contributed by atoms with Gasteiger partial charge in [-0.1, -0.05) is 6.07 Å². The van der Waals surface area contributed by atoms with E-state index in [1.54, 1.807) is 13.2 Å². The summed E-state index contributed by atoms with van der Waals surface area (Å²) in [5.41, 5.74) is 2.25. The molecule has 0 fully saturated rings. The van der Waals surface area contributed by atoms with Gasteiger partial charge in [0.15, 0.2) is 11.4 Å². The molecule has 0 saturated carbocycles. The molecular weight excluding hydrogens is 332 g/mol. The molecule has 0 aliphatic rings. The van der Waals surface area contributed by atoms with E-state index in [0.717, 1.165) is 28.2 Å². The van der Waals surface area contributed by atoms with Gasteiger partial charge in [-0.05, 0) is 37.3 Å². The molecule has 0 saturated heterocycles. The number of carbonyl (C=O) groups is 1. The van der Waals surface area contributed by atoms with E-state index in [-0.39, 0.29) is 5.91 Å². The lowest BCUT2D eigenvalue weighted by Crippen LogP contribution is -2.26. The summed E-state index contributed by atoms with van der Waals surface area (Å²) in [6.07, 6.45) is 2.48. The van der Waals surface area contributed by atoms with E-state index in [1.165, 1.54) is 0 Å². The van der Waals surface area contributed by atoms with Gasteiger partial charge < -0.3 is 14.5 Å². The van der Waals surface area contributed by atoms with E-state index in [1.807, 2.05) is 47.9 Å². The van der Waals surface area contributed by atoms with Crippen molar-refractivity contribution < 1.29 is 13.9 Å². The van der Waals surface area contributed by atoms with Gasteiger partial charge in [0, 0.05) is 30.1 Å². The monoisotopic (exact) mass is 350 g/mol. The van der Waals surface area contributed by atoms with Crippen molar-refractivity contribution in [1.82, 2.24) is 19.9 Å². The third kappa shape index (κ3) is 2.77. The number of nitrogens with one attached hydrogen (secondary N) is 1. The van der Waals surface area contributed by atoms with Gasteiger partial charge in [0.2, 0.25) is 0 Å². The molecule has 132 valence electrons. The minimum Gasteiger partial charge on any atom is -0.497 e. The van der Waals surface area contributed by atoms with Crippen LogP contribution in [0.15, 0.2) is 47.0 Å². The SMILES string of the molecule is COc1ccc2oc(C(=O)NCCc3nnc4ccccn34)c(C)c2c1. The van der Waals surface area contributed by atoms with Crippen LogP contribution < -0.4 is 10.1 Å². The molecule has 0 radical (unpaired) electrons. The second-order valence-electron chi connectivity index (χ2n) is 5.97. The Morgan fingerprint density at radius 1 is 1.27 bits per heavy atom. The normalized spacial score (nSPS) is 11.2. The van der Waals surface area contributed by atoms with Crippen LogP contribution in [0.25, 0.3) is 16.6 Å². The fraction of sp³-hybridized carbons (Fsp3) is 0.211. The summed E-state index contributed by atoms with van der Waals surface area (Å²) in [4.78, 5) is 12.5. The molecule has 0 bridgehead atoms. The molecule has 4 aromatic rings. The van der Waals surface area contributed by atoms with Crippen molar-refractivity contribution in [3.63, 3.8) is 0 Å². The van der Waals surface area contributed by atoms with Crippen LogP contribution in [0.3, 0.4) is 0 Å². The lowest BCUT2D eigenvalue weighted by atomic mass is 10.1. The lowest BCUT2D eigenvalue weighted by molar-refractivity contribution is 0.0927. The Balaban J connectivity index is 1.48. The van der Waals surface area contributed by atoms with Gasteiger partial charge in [0.1, 0.15) is 17.2 Å². The average molecular weight is 350 g/mol. The number of amides is 1. The van der Waals surface area contributed by atoms with Crippen molar-refractivity contribution in [2.75, 3.05) is 13.7 Å². The number of methoxy groups -OCH3 is 1. The molecule has 1 aromatic carbocycles. The van der Waals surface area contributed by atoms with Crippen molar-refractivity contribution >= 4 is 22.5 Å².